The second kappa shape index (κ2) is 7.29. The Morgan fingerprint density at radius 1 is 1.09 bits per heavy atom. The molecule has 0 radical (unpaired) electrons. The lowest BCUT2D eigenvalue weighted by molar-refractivity contribution is -0.147. The molecule has 0 heterocycles. The van der Waals surface area contributed by atoms with Crippen molar-refractivity contribution >= 4 is 11.8 Å². The standard InChI is InChI=1S/C20H28O3/c1-12-9-13(2)18(14(3)10-12)15(4)19(21)16-7-6-8-17(11-16)20(22)23-5/h9-10,15-17H,6-8,11H2,1-5H3. The van der Waals surface area contributed by atoms with Gasteiger partial charge in [-0.25, -0.2) is 0 Å². The first-order chi connectivity index (χ1) is 10.8. The van der Waals surface area contributed by atoms with E-state index in [1.54, 1.807) is 0 Å². The van der Waals surface area contributed by atoms with Crippen LogP contribution >= 0.6 is 0 Å². The van der Waals surface area contributed by atoms with E-state index in [0.717, 1.165) is 24.8 Å². The molecule has 0 saturated heterocycles. The Hall–Kier alpha value is -1.64. The van der Waals surface area contributed by atoms with Crippen LogP contribution in [0.3, 0.4) is 0 Å². The molecule has 1 aliphatic rings. The molecule has 3 nitrogen and oxygen atoms in total. The molecule has 1 aliphatic carbocycles. The zero-order chi connectivity index (χ0) is 17.1. The van der Waals surface area contributed by atoms with E-state index >= 15 is 0 Å². The summed E-state index contributed by atoms with van der Waals surface area (Å²) in [5, 5.41) is 0. The number of ether oxygens (including phenoxy) is 1. The Kier molecular flexibility index (Phi) is 5.61. The van der Waals surface area contributed by atoms with Crippen LogP contribution in [-0.4, -0.2) is 18.9 Å². The number of rotatable bonds is 4. The molecule has 0 N–H and O–H groups in total. The number of esters is 1. The van der Waals surface area contributed by atoms with Gasteiger partial charge in [0, 0.05) is 11.8 Å². The van der Waals surface area contributed by atoms with Gasteiger partial charge in [-0.2, -0.15) is 0 Å². The van der Waals surface area contributed by atoms with Crippen molar-refractivity contribution in [3.05, 3.63) is 34.4 Å². The van der Waals surface area contributed by atoms with Gasteiger partial charge in [-0.05, 0) is 56.7 Å². The van der Waals surface area contributed by atoms with Crippen LogP contribution in [0.5, 0.6) is 0 Å². The molecule has 2 rings (SSSR count). The number of hydrogen-bond acceptors (Lipinski definition) is 3. The second-order valence-corrected chi connectivity index (χ2v) is 7.02. The Morgan fingerprint density at radius 2 is 1.65 bits per heavy atom. The number of hydrogen-bond donors (Lipinski definition) is 0. The summed E-state index contributed by atoms with van der Waals surface area (Å²) in [6.45, 7) is 8.25. The maximum Gasteiger partial charge on any atom is 0.308 e. The van der Waals surface area contributed by atoms with Gasteiger partial charge < -0.3 is 4.74 Å². The van der Waals surface area contributed by atoms with Gasteiger partial charge in [0.1, 0.15) is 5.78 Å². The number of aryl methyl sites for hydroxylation is 3. The molecule has 1 aromatic rings. The summed E-state index contributed by atoms with van der Waals surface area (Å²) in [6.07, 6.45) is 3.29. The van der Waals surface area contributed by atoms with Crippen LogP contribution in [0.15, 0.2) is 12.1 Å². The molecule has 0 amide bonds. The maximum atomic E-state index is 13.0. The second-order valence-electron chi connectivity index (χ2n) is 7.02. The third kappa shape index (κ3) is 3.82. The summed E-state index contributed by atoms with van der Waals surface area (Å²) in [7, 11) is 1.43. The topological polar surface area (TPSA) is 43.4 Å². The number of carbonyl (C=O) groups excluding carboxylic acids is 2. The first-order valence-corrected chi connectivity index (χ1v) is 8.54. The molecule has 3 heteroatoms. The molecular formula is C20H28O3. The lowest BCUT2D eigenvalue weighted by atomic mass is 9.74. The molecule has 0 bridgehead atoms. The van der Waals surface area contributed by atoms with Crippen molar-refractivity contribution in [3.63, 3.8) is 0 Å². The molecular weight excluding hydrogens is 288 g/mol. The summed E-state index contributed by atoms with van der Waals surface area (Å²) in [5.41, 5.74) is 4.75. The highest BCUT2D eigenvalue weighted by atomic mass is 16.5. The molecule has 1 saturated carbocycles. The van der Waals surface area contributed by atoms with Crippen LogP contribution in [-0.2, 0) is 14.3 Å². The van der Waals surface area contributed by atoms with Gasteiger partial charge in [0.25, 0.3) is 0 Å². The normalized spacial score (nSPS) is 22.5. The van der Waals surface area contributed by atoms with Crippen LogP contribution in [0.4, 0.5) is 0 Å². The van der Waals surface area contributed by atoms with Crippen molar-refractivity contribution in [1.82, 2.24) is 0 Å². The van der Waals surface area contributed by atoms with Gasteiger partial charge in [-0.1, -0.05) is 31.0 Å². The summed E-state index contributed by atoms with van der Waals surface area (Å²) in [5.74, 6) is -0.151. The van der Waals surface area contributed by atoms with Gasteiger partial charge >= 0.3 is 5.97 Å². The highest BCUT2D eigenvalue weighted by Crippen LogP contribution is 2.35. The highest BCUT2D eigenvalue weighted by molar-refractivity contribution is 5.89. The monoisotopic (exact) mass is 316 g/mol. The lowest BCUT2D eigenvalue weighted by Gasteiger charge is -2.29. The van der Waals surface area contributed by atoms with Crippen molar-refractivity contribution in [2.24, 2.45) is 11.8 Å². The fourth-order valence-electron chi connectivity index (χ4n) is 4.20. The zero-order valence-corrected chi connectivity index (χ0v) is 14.9. The van der Waals surface area contributed by atoms with Crippen LogP contribution < -0.4 is 0 Å². The minimum absolute atomic E-state index is 0.0250. The fraction of sp³-hybridized carbons (Fsp3) is 0.600. The minimum atomic E-state index is -0.169. The summed E-state index contributed by atoms with van der Waals surface area (Å²) >= 11 is 0. The van der Waals surface area contributed by atoms with Crippen molar-refractivity contribution in [2.75, 3.05) is 7.11 Å². The van der Waals surface area contributed by atoms with E-state index in [1.165, 1.54) is 23.8 Å². The summed E-state index contributed by atoms with van der Waals surface area (Å²) in [4.78, 5) is 24.8. The average molecular weight is 316 g/mol. The molecule has 0 aliphatic heterocycles. The Morgan fingerprint density at radius 3 is 2.22 bits per heavy atom. The van der Waals surface area contributed by atoms with Crippen LogP contribution in [0.25, 0.3) is 0 Å². The molecule has 3 atom stereocenters. The largest absolute Gasteiger partial charge is 0.469 e. The van der Waals surface area contributed by atoms with E-state index < -0.39 is 0 Å². The van der Waals surface area contributed by atoms with E-state index in [1.807, 2.05) is 6.92 Å². The zero-order valence-electron chi connectivity index (χ0n) is 14.9. The molecule has 0 aromatic heterocycles. The number of carbonyl (C=O) groups is 2. The van der Waals surface area contributed by atoms with Gasteiger partial charge in [0.15, 0.2) is 0 Å². The first-order valence-electron chi connectivity index (χ1n) is 8.54. The maximum absolute atomic E-state index is 13.0. The predicted molar refractivity (Wildman–Crippen MR) is 91.5 cm³/mol. The predicted octanol–water partition coefficient (Wildman–Crippen LogP) is 4.26. The van der Waals surface area contributed by atoms with E-state index in [-0.39, 0.29) is 29.5 Å². The Bertz CT molecular complexity index is 580. The van der Waals surface area contributed by atoms with E-state index in [0.29, 0.717) is 6.42 Å². The van der Waals surface area contributed by atoms with Crippen molar-refractivity contribution in [2.45, 2.75) is 59.3 Å². The van der Waals surface area contributed by atoms with E-state index in [4.69, 9.17) is 4.74 Å². The fourth-order valence-corrected chi connectivity index (χ4v) is 4.20. The Balaban J connectivity index is 2.18. The Labute approximate surface area is 139 Å². The van der Waals surface area contributed by atoms with Gasteiger partial charge in [0.2, 0.25) is 0 Å². The van der Waals surface area contributed by atoms with E-state index in [2.05, 4.69) is 32.9 Å². The smallest absolute Gasteiger partial charge is 0.308 e. The van der Waals surface area contributed by atoms with Gasteiger partial charge in [-0.15, -0.1) is 0 Å². The number of benzene rings is 1. The molecule has 3 unspecified atom stereocenters. The first kappa shape index (κ1) is 17.7. The van der Waals surface area contributed by atoms with Crippen LogP contribution in [0.2, 0.25) is 0 Å². The molecule has 23 heavy (non-hydrogen) atoms. The molecule has 1 fully saturated rings. The molecule has 0 spiro atoms. The third-order valence-electron chi connectivity index (χ3n) is 5.21. The number of Topliss-reactive ketones (excluding diaryl/α,β-unsaturated/α-hetero) is 1. The van der Waals surface area contributed by atoms with Gasteiger partial charge in [0.05, 0.1) is 13.0 Å². The number of ketones is 1. The number of methoxy groups -OCH3 is 1. The SMILES string of the molecule is COC(=O)C1CCCC(C(=O)C(C)c2c(C)cc(C)cc2C)C1. The third-order valence-corrected chi connectivity index (χ3v) is 5.21. The van der Waals surface area contributed by atoms with Crippen LogP contribution in [0.1, 0.15) is 60.8 Å². The lowest BCUT2D eigenvalue weighted by Crippen LogP contribution is -2.30. The van der Waals surface area contributed by atoms with Crippen molar-refractivity contribution in [3.8, 4) is 0 Å². The van der Waals surface area contributed by atoms with Crippen molar-refractivity contribution < 1.29 is 14.3 Å². The van der Waals surface area contributed by atoms with E-state index in [9.17, 15) is 9.59 Å². The molecule has 126 valence electrons. The highest BCUT2D eigenvalue weighted by Gasteiger charge is 2.34. The summed E-state index contributed by atoms with van der Waals surface area (Å²) in [6, 6.07) is 4.29. The van der Waals surface area contributed by atoms with Crippen molar-refractivity contribution in [1.29, 1.82) is 0 Å². The van der Waals surface area contributed by atoms with Gasteiger partial charge in [-0.3, -0.25) is 9.59 Å². The summed E-state index contributed by atoms with van der Waals surface area (Å²) < 4.78 is 4.86. The molecule has 1 aromatic carbocycles. The quantitative estimate of drug-likeness (QED) is 0.779. The average Bonchev–Trinajstić information content (AvgIpc) is 2.52. The minimum Gasteiger partial charge on any atom is -0.469 e. The van der Waals surface area contributed by atoms with Crippen LogP contribution in [0, 0.1) is 32.6 Å².